The summed E-state index contributed by atoms with van der Waals surface area (Å²) >= 11 is -2.22. The monoisotopic (exact) mass is 235 g/mol. The molecule has 0 aromatic carbocycles. The van der Waals surface area contributed by atoms with Crippen molar-refractivity contribution in [1.29, 1.82) is 0 Å². The summed E-state index contributed by atoms with van der Waals surface area (Å²) in [4.78, 5) is 0. The number of hydrogen-bond donors (Lipinski definition) is 0. The molecule has 0 N–H and O–H groups in total. The van der Waals surface area contributed by atoms with Gasteiger partial charge >= 0.3 is 43.6 Å². The zero-order valence-corrected chi connectivity index (χ0v) is 8.27. The average Bonchev–Trinajstić information content (AvgIpc) is 0.811. The molecule has 0 fully saturated rings. The maximum absolute atomic E-state index is 5.02. The SMILES string of the molecule is [CH3].[Cl][In]([Cl])[Cl]. The molecule has 0 rings (SSSR count). The van der Waals surface area contributed by atoms with Crippen LogP contribution in [0.25, 0.3) is 0 Å². The van der Waals surface area contributed by atoms with Crippen LogP contribution in [0.2, 0.25) is 0 Å². The van der Waals surface area contributed by atoms with Crippen molar-refractivity contribution < 1.29 is 0 Å². The van der Waals surface area contributed by atoms with E-state index in [0.717, 1.165) is 0 Å². The Morgan fingerprint density at radius 2 is 1.00 bits per heavy atom. The van der Waals surface area contributed by atoms with E-state index in [-0.39, 0.29) is 7.43 Å². The maximum atomic E-state index is 5.02. The summed E-state index contributed by atoms with van der Waals surface area (Å²) in [5.41, 5.74) is 0. The molecule has 0 saturated carbocycles. The van der Waals surface area contributed by atoms with E-state index in [1.54, 1.807) is 0 Å². The first-order valence-corrected chi connectivity index (χ1v) is 13.2. The molecule has 0 unspecified atom stereocenters. The van der Waals surface area contributed by atoms with Gasteiger partial charge in [0.25, 0.3) is 0 Å². The van der Waals surface area contributed by atoms with Crippen molar-refractivity contribution in [1.82, 2.24) is 0 Å². The van der Waals surface area contributed by atoms with Crippen LogP contribution >= 0.6 is 25.7 Å². The molecule has 0 atom stereocenters. The van der Waals surface area contributed by atoms with Crippen molar-refractivity contribution in [2.75, 3.05) is 0 Å². The Bertz CT molecular complexity index is 11.6. The van der Waals surface area contributed by atoms with Gasteiger partial charge in [-0.3, -0.25) is 0 Å². The van der Waals surface area contributed by atoms with Gasteiger partial charge in [-0.15, -0.1) is 0 Å². The minimum atomic E-state index is -2.22. The van der Waals surface area contributed by atoms with Gasteiger partial charge in [0.15, 0.2) is 0 Å². The quantitative estimate of drug-likeness (QED) is 0.604. The summed E-state index contributed by atoms with van der Waals surface area (Å²) in [5, 5.41) is 0. The van der Waals surface area contributed by atoms with Gasteiger partial charge in [0.05, 0.1) is 0 Å². The van der Waals surface area contributed by atoms with E-state index < -0.39 is 17.9 Å². The van der Waals surface area contributed by atoms with Gasteiger partial charge in [-0.25, -0.2) is 0 Å². The third-order valence-electron chi connectivity index (χ3n) is 0. The molecule has 4 heteroatoms. The van der Waals surface area contributed by atoms with Crippen molar-refractivity contribution in [2.24, 2.45) is 0 Å². The normalized spacial score (nSPS) is 5.40. The second kappa shape index (κ2) is 5.74. The molecule has 0 aromatic heterocycles. The first-order valence-electron chi connectivity index (χ1n) is 0.655. The Kier molecular flexibility index (Phi) is 11.3. The molecule has 0 bridgehead atoms. The first-order chi connectivity index (χ1) is 1.73. The fourth-order valence-electron chi connectivity index (χ4n) is 0. The molecule has 0 aromatic rings. The van der Waals surface area contributed by atoms with Crippen molar-refractivity contribution in [3.05, 3.63) is 7.43 Å². The molecule has 0 spiro atoms. The van der Waals surface area contributed by atoms with Gasteiger partial charge in [-0.2, -0.15) is 0 Å². The Balaban J connectivity index is 0. The van der Waals surface area contributed by atoms with Gasteiger partial charge in [-0.05, 0) is 0 Å². The van der Waals surface area contributed by atoms with E-state index in [9.17, 15) is 0 Å². The van der Waals surface area contributed by atoms with Crippen LogP contribution in [0.3, 0.4) is 0 Å². The summed E-state index contributed by atoms with van der Waals surface area (Å²) in [6.45, 7) is 0. The van der Waals surface area contributed by atoms with Crippen LogP contribution in [0.5, 0.6) is 0 Å². The molecular formula is CH3Cl3In. The molecule has 31 valence electrons. The summed E-state index contributed by atoms with van der Waals surface area (Å²) in [7, 11) is 15.0. The van der Waals surface area contributed by atoms with Crippen LogP contribution < -0.4 is 0 Å². The topological polar surface area (TPSA) is 0 Å². The van der Waals surface area contributed by atoms with Crippen LogP contribution in [-0.4, -0.2) is 17.9 Å². The summed E-state index contributed by atoms with van der Waals surface area (Å²) < 4.78 is 0. The van der Waals surface area contributed by atoms with Gasteiger partial charge < -0.3 is 0 Å². The van der Waals surface area contributed by atoms with E-state index in [2.05, 4.69) is 0 Å². The van der Waals surface area contributed by atoms with Gasteiger partial charge in [0.2, 0.25) is 0 Å². The second-order valence-electron chi connectivity index (χ2n) is 0.247. The van der Waals surface area contributed by atoms with E-state index in [0.29, 0.717) is 0 Å². The number of hydrogen-bond acceptors (Lipinski definition) is 0. The van der Waals surface area contributed by atoms with Crippen LogP contribution in [0.15, 0.2) is 0 Å². The van der Waals surface area contributed by atoms with E-state index in [1.165, 1.54) is 0 Å². The third kappa shape index (κ3) is 26.5. The van der Waals surface area contributed by atoms with Crippen molar-refractivity contribution >= 4 is 43.6 Å². The fraction of sp³-hybridized carbons (Fsp3) is 0. The minimum absolute atomic E-state index is 0. The molecular weight excluding hydrogens is 233 g/mol. The fourth-order valence-corrected chi connectivity index (χ4v) is 0. The Labute approximate surface area is 50.7 Å². The Morgan fingerprint density at radius 1 is 1.00 bits per heavy atom. The molecule has 0 aliphatic rings. The number of rotatable bonds is 0. The molecule has 0 amide bonds. The standard InChI is InChI=1S/CH3.3ClH.In/h1H3;3*1H;/q;;;;+3/p-3. The molecule has 0 aliphatic carbocycles. The number of halogens is 3. The molecule has 0 heterocycles. The Hall–Kier alpha value is 1.74. The van der Waals surface area contributed by atoms with Crippen LogP contribution in [0.1, 0.15) is 0 Å². The van der Waals surface area contributed by atoms with E-state index >= 15 is 0 Å². The average molecular weight is 236 g/mol. The van der Waals surface area contributed by atoms with Crippen molar-refractivity contribution in [3.8, 4) is 0 Å². The predicted molar refractivity (Wildman–Crippen MR) is 29.7 cm³/mol. The molecule has 1 radical (unpaired) electrons. The van der Waals surface area contributed by atoms with Crippen LogP contribution in [0.4, 0.5) is 0 Å². The predicted octanol–water partition coefficient (Wildman–Crippen LogP) is 2.14. The van der Waals surface area contributed by atoms with Gasteiger partial charge in [0, 0.05) is 0 Å². The van der Waals surface area contributed by atoms with Gasteiger partial charge in [-0.1, -0.05) is 7.43 Å². The zero-order valence-electron chi connectivity index (χ0n) is 2.71. The van der Waals surface area contributed by atoms with Crippen LogP contribution in [-0.2, 0) is 0 Å². The van der Waals surface area contributed by atoms with E-state index in [1.807, 2.05) is 0 Å². The first kappa shape index (κ1) is 9.88. The van der Waals surface area contributed by atoms with Crippen molar-refractivity contribution in [2.45, 2.75) is 0 Å². The summed E-state index contributed by atoms with van der Waals surface area (Å²) in [5.74, 6) is 0. The van der Waals surface area contributed by atoms with Crippen molar-refractivity contribution in [3.63, 3.8) is 0 Å². The zero-order chi connectivity index (χ0) is 3.58. The molecule has 5 heavy (non-hydrogen) atoms. The molecule has 0 nitrogen and oxygen atoms in total. The third-order valence-corrected chi connectivity index (χ3v) is 0. The molecule has 0 saturated heterocycles. The second-order valence-corrected chi connectivity index (χ2v) is 14.9. The summed E-state index contributed by atoms with van der Waals surface area (Å²) in [6.07, 6.45) is 0. The van der Waals surface area contributed by atoms with Gasteiger partial charge in [0.1, 0.15) is 0 Å². The van der Waals surface area contributed by atoms with Crippen LogP contribution in [0, 0.1) is 7.43 Å². The Morgan fingerprint density at radius 3 is 1.00 bits per heavy atom. The summed E-state index contributed by atoms with van der Waals surface area (Å²) in [6, 6.07) is 0. The van der Waals surface area contributed by atoms with E-state index in [4.69, 9.17) is 25.7 Å². The molecule has 0 aliphatic heterocycles.